The lowest BCUT2D eigenvalue weighted by molar-refractivity contribution is -0.141. The highest BCUT2D eigenvalue weighted by Crippen LogP contribution is 2.28. The molecule has 1 amide bonds. The Morgan fingerprint density at radius 3 is 2.65 bits per heavy atom. The highest BCUT2D eigenvalue weighted by Gasteiger charge is 2.32. The number of carbonyl (C=O) groups is 1. The average Bonchev–Trinajstić information content (AvgIpc) is 2.47. The van der Waals surface area contributed by atoms with Gasteiger partial charge in [0.05, 0.1) is 13.2 Å². The van der Waals surface area contributed by atoms with Crippen LogP contribution in [0.15, 0.2) is 29.1 Å². The SMILES string of the molecule is O=C(CNCCO)Nc1ccc2cc(C(F)(F)F)[nH]c(=O)c2c1. The molecule has 1 heterocycles. The molecule has 4 N–H and O–H groups in total. The second-order valence-electron chi connectivity index (χ2n) is 4.76. The fourth-order valence-corrected chi connectivity index (χ4v) is 1.98. The number of H-pyrrole nitrogens is 1. The van der Waals surface area contributed by atoms with Crippen molar-refractivity contribution in [2.24, 2.45) is 0 Å². The molecule has 0 aliphatic carbocycles. The van der Waals surface area contributed by atoms with Gasteiger partial charge in [-0.15, -0.1) is 0 Å². The number of rotatable bonds is 5. The van der Waals surface area contributed by atoms with E-state index in [1.54, 1.807) is 4.98 Å². The maximum Gasteiger partial charge on any atom is 0.431 e. The molecule has 0 aliphatic rings. The van der Waals surface area contributed by atoms with Crippen LogP contribution in [0.25, 0.3) is 10.8 Å². The van der Waals surface area contributed by atoms with E-state index >= 15 is 0 Å². The fraction of sp³-hybridized carbons (Fsp3) is 0.286. The van der Waals surface area contributed by atoms with Gasteiger partial charge >= 0.3 is 6.18 Å². The third kappa shape index (κ3) is 4.30. The number of alkyl halides is 3. The van der Waals surface area contributed by atoms with Crippen molar-refractivity contribution in [2.45, 2.75) is 6.18 Å². The number of benzene rings is 1. The molecule has 0 bridgehead atoms. The van der Waals surface area contributed by atoms with Gasteiger partial charge in [0.25, 0.3) is 5.56 Å². The predicted octanol–water partition coefficient (Wildman–Crippen LogP) is 1.07. The molecule has 0 aliphatic heterocycles. The normalized spacial score (nSPS) is 11.7. The minimum absolute atomic E-state index is 0.0397. The summed E-state index contributed by atoms with van der Waals surface area (Å²) in [4.78, 5) is 25.2. The largest absolute Gasteiger partial charge is 0.431 e. The molecule has 0 atom stereocenters. The first-order valence-corrected chi connectivity index (χ1v) is 6.67. The van der Waals surface area contributed by atoms with Gasteiger partial charge in [0.15, 0.2) is 0 Å². The van der Waals surface area contributed by atoms with Crippen LogP contribution in [0.4, 0.5) is 18.9 Å². The van der Waals surface area contributed by atoms with Gasteiger partial charge in [-0.2, -0.15) is 13.2 Å². The van der Waals surface area contributed by atoms with Gasteiger partial charge in [-0.1, -0.05) is 6.07 Å². The summed E-state index contributed by atoms with van der Waals surface area (Å²) in [5.41, 5.74) is -1.72. The second kappa shape index (κ2) is 6.80. The summed E-state index contributed by atoms with van der Waals surface area (Å²) in [6, 6.07) is 4.88. The van der Waals surface area contributed by atoms with Gasteiger partial charge in [0.2, 0.25) is 5.91 Å². The number of aromatic nitrogens is 1. The molecule has 0 saturated carbocycles. The summed E-state index contributed by atoms with van der Waals surface area (Å²) in [6.45, 7) is 0.104. The zero-order valence-corrected chi connectivity index (χ0v) is 11.8. The third-order valence-corrected chi connectivity index (χ3v) is 3.01. The van der Waals surface area contributed by atoms with Crippen LogP contribution in [0, 0.1) is 0 Å². The number of carbonyl (C=O) groups excluding carboxylic acids is 1. The molecule has 6 nitrogen and oxygen atoms in total. The van der Waals surface area contributed by atoms with E-state index in [9.17, 15) is 22.8 Å². The van der Waals surface area contributed by atoms with Crippen LogP contribution in [0.1, 0.15) is 5.69 Å². The van der Waals surface area contributed by atoms with Gasteiger partial charge in [-0.05, 0) is 23.6 Å². The zero-order valence-electron chi connectivity index (χ0n) is 11.8. The number of anilines is 1. The molecule has 0 unspecified atom stereocenters. The number of halogens is 3. The van der Waals surface area contributed by atoms with Crippen molar-refractivity contribution in [3.05, 3.63) is 40.3 Å². The van der Waals surface area contributed by atoms with Gasteiger partial charge in [-0.25, -0.2) is 0 Å². The molecule has 0 radical (unpaired) electrons. The van der Waals surface area contributed by atoms with Crippen molar-refractivity contribution in [2.75, 3.05) is 25.0 Å². The van der Waals surface area contributed by atoms with Gasteiger partial charge in [-0.3, -0.25) is 9.59 Å². The Bertz CT molecular complexity index is 771. The van der Waals surface area contributed by atoms with E-state index < -0.39 is 23.3 Å². The Balaban J connectivity index is 2.24. The molecule has 23 heavy (non-hydrogen) atoms. The van der Waals surface area contributed by atoms with Crippen LogP contribution in [0.5, 0.6) is 0 Å². The summed E-state index contributed by atoms with van der Waals surface area (Å²) in [6.07, 6.45) is -4.64. The first kappa shape index (κ1) is 17.0. The van der Waals surface area contributed by atoms with Gasteiger partial charge < -0.3 is 20.7 Å². The lowest BCUT2D eigenvalue weighted by Gasteiger charge is -2.09. The van der Waals surface area contributed by atoms with E-state index in [1.807, 2.05) is 0 Å². The Morgan fingerprint density at radius 1 is 1.26 bits per heavy atom. The molecule has 1 aromatic carbocycles. The highest BCUT2D eigenvalue weighted by atomic mass is 19.4. The summed E-state index contributed by atoms with van der Waals surface area (Å²) < 4.78 is 37.9. The van der Waals surface area contributed by atoms with Gasteiger partial charge in [0.1, 0.15) is 5.69 Å². The summed E-state index contributed by atoms with van der Waals surface area (Å²) in [5.74, 6) is -0.402. The quantitative estimate of drug-likeness (QED) is 0.617. The number of nitrogens with one attached hydrogen (secondary N) is 3. The number of amides is 1. The molecule has 0 spiro atoms. The summed E-state index contributed by atoms with van der Waals surface area (Å²) >= 11 is 0. The number of aliphatic hydroxyl groups excluding tert-OH is 1. The number of aromatic amines is 1. The van der Waals surface area contributed by atoms with Crippen molar-refractivity contribution in [1.29, 1.82) is 0 Å². The molecule has 2 rings (SSSR count). The number of pyridine rings is 1. The van der Waals surface area contributed by atoms with E-state index in [4.69, 9.17) is 5.11 Å². The van der Waals surface area contributed by atoms with Crippen molar-refractivity contribution < 1.29 is 23.1 Å². The minimum Gasteiger partial charge on any atom is -0.395 e. The van der Waals surface area contributed by atoms with Crippen LogP contribution in [0.3, 0.4) is 0 Å². The van der Waals surface area contributed by atoms with E-state index in [2.05, 4.69) is 10.6 Å². The first-order valence-electron chi connectivity index (χ1n) is 6.67. The molecule has 2 aromatic rings. The van der Waals surface area contributed by atoms with E-state index in [0.29, 0.717) is 5.69 Å². The highest BCUT2D eigenvalue weighted by molar-refractivity contribution is 5.95. The maximum atomic E-state index is 12.6. The molecule has 1 aromatic heterocycles. The predicted molar refractivity (Wildman–Crippen MR) is 78.2 cm³/mol. The molecule has 0 saturated heterocycles. The van der Waals surface area contributed by atoms with Crippen LogP contribution >= 0.6 is 0 Å². The maximum absolute atomic E-state index is 12.6. The van der Waals surface area contributed by atoms with Crippen molar-refractivity contribution in [3.63, 3.8) is 0 Å². The molecule has 9 heteroatoms. The average molecular weight is 329 g/mol. The smallest absolute Gasteiger partial charge is 0.395 e. The fourth-order valence-electron chi connectivity index (χ4n) is 1.98. The number of hydrogen-bond acceptors (Lipinski definition) is 4. The van der Waals surface area contributed by atoms with Crippen molar-refractivity contribution >= 4 is 22.4 Å². The molecule has 0 fully saturated rings. The van der Waals surface area contributed by atoms with E-state index in [1.165, 1.54) is 18.2 Å². The van der Waals surface area contributed by atoms with Crippen molar-refractivity contribution in [3.8, 4) is 0 Å². The second-order valence-corrected chi connectivity index (χ2v) is 4.76. The monoisotopic (exact) mass is 329 g/mol. The van der Waals surface area contributed by atoms with Crippen LogP contribution in [0.2, 0.25) is 0 Å². The van der Waals surface area contributed by atoms with Gasteiger partial charge in [0, 0.05) is 17.6 Å². The Labute approximate surface area is 128 Å². The van der Waals surface area contributed by atoms with Crippen LogP contribution in [-0.4, -0.2) is 35.7 Å². The van der Waals surface area contributed by atoms with E-state index in [0.717, 1.165) is 6.07 Å². The Kier molecular flexibility index (Phi) is 5.02. The summed E-state index contributed by atoms with van der Waals surface area (Å²) in [5, 5.41) is 13.9. The third-order valence-electron chi connectivity index (χ3n) is 3.01. The zero-order chi connectivity index (χ0) is 17.0. The molecular formula is C14H14F3N3O3. The number of aliphatic hydroxyl groups is 1. The van der Waals surface area contributed by atoms with Crippen molar-refractivity contribution in [1.82, 2.24) is 10.3 Å². The summed E-state index contributed by atoms with van der Waals surface area (Å²) in [7, 11) is 0. The van der Waals surface area contributed by atoms with Crippen LogP contribution in [-0.2, 0) is 11.0 Å². The van der Waals surface area contributed by atoms with E-state index in [-0.39, 0.29) is 30.5 Å². The molecular weight excluding hydrogens is 315 g/mol. The molecule has 124 valence electrons. The standard InChI is InChI=1S/C14H14F3N3O3/c15-14(16,17)11-5-8-1-2-9(6-10(8)13(23)20-11)19-12(22)7-18-3-4-21/h1-2,5-6,18,21H,3-4,7H2,(H,19,22)(H,20,23). The number of hydrogen-bond donors (Lipinski definition) is 4. The first-order chi connectivity index (χ1) is 10.8. The number of fused-ring (bicyclic) bond motifs is 1. The Hall–Kier alpha value is -2.39. The minimum atomic E-state index is -4.64. The lowest BCUT2D eigenvalue weighted by atomic mass is 10.1. The topological polar surface area (TPSA) is 94.2 Å². The van der Waals surface area contributed by atoms with Crippen LogP contribution < -0.4 is 16.2 Å². The Morgan fingerprint density at radius 2 is 2.00 bits per heavy atom. The lowest BCUT2D eigenvalue weighted by Crippen LogP contribution is -2.30.